The molecule has 1 aromatic heterocycles. The molecule has 1 aliphatic rings. The van der Waals surface area contributed by atoms with Gasteiger partial charge in [-0.15, -0.1) is 0 Å². The number of methoxy groups -OCH3 is 1. The maximum absolute atomic E-state index is 11.3. The van der Waals surface area contributed by atoms with E-state index in [2.05, 4.69) is 4.98 Å². The zero-order valence-corrected chi connectivity index (χ0v) is 8.06. The molecule has 0 saturated carbocycles. The standard InChI is InChI=1S/C9H13N3O2/c1-14-9(13)6-2-3-8-11-4-7(10)12(8)5-6/h4,6H,2-3,5,10H2,1H3. The third kappa shape index (κ3) is 1.34. The number of ether oxygens (including phenoxy) is 1. The van der Waals surface area contributed by atoms with Gasteiger partial charge in [0, 0.05) is 13.0 Å². The highest BCUT2D eigenvalue weighted by molar-refractivity contribution is 5.72. The average molecular weight is 195 g/mol. The number of carbonyl (C=O) groups excluding carboxylic acids is 1. The Hall–Kier alpha value is -1.52. The summed E-state index contributed by atoms with van der Waals surface area (Å²) >= 11 is 0. The Bertz CT molecular complexity index is 359. The second kappa shape index (κ2) is 3.32. The maximum atomic E-state index is 11.3. The Kier molecular flexibility index (Phi) is 2.15. The Morgan fingerprint density at radius 1 is 1.79 bits per heavy atom. The number of fused-ring (bicyclic) bond motifs is 1. The molecule has 0 aromatic carbocycles. The number of carbonyl (C=O) groups is 1. The Morgan fingerprint density at radius 3 is 3.29 bits per heavy atom. The molecule has 0 amide bonds. The van der Waals surface area contributed by atoms with Crippen molar-refractivity contribution in [1.82, 2.24) is 9.55 Å². The van der Waals surface area contributed by atoms with Crippen molar-refractivity contribution >= 4 is 11.8 Å². The summed E-state index contributed by atoms with van der Waals surface area (Å²) in [6.07, 6.45) is 3.22. The van der Waals surface area contributed by atoms with E-state index >= 15 is 0 Å². The first kappa shape index (κ1) is 9.05. The van der Waals surface area contributed by atoms with Crippen LogP contribution in [0.25, 0.3) is 0 Å². The molecular formula is C9H13N3O2. The van der Waals surface area contributed by atoms with Crippen molar-refractivity contribution in [1.29, 1.82) is 0 Å². The van der Waals surface area contributed by atoms with Gasteiger partial charge in [-0.2, -0.15) is 0 Å². The van der Waals surface area contributed by atoms with E-state index in [-0.39, 0.29) is 11.9 Å². The molecule has 5 nitrogen and oxygen atoms in total. The highest BCUT2D eigenvalue weighted by Gasteiger charge is 2.26. The molecule has 1 aromatic rings. The van der Waals surface area contributed by atoms with Crippen molar-refractivity contribution in [2.75, 3.05) is 12.8 Å². The number of nitrogens with two attached hydrogens (primary N) is 1. The predicted molar refractivity (Wildman–Crippen MR) is 50.5 cm³/mol. The van der Waals surface area contributed by atoms with Gasteiger partial charge in [0.15, 0.2) is 0 Å². The van der Waals surface area contributed by atoms with Crippen LogP contribution >= 0.6 is 0 Å². The summed E-state index contributed by atoms with van der Waals surface area (Å²) in [5, 5.41) is 0. The number of nitrogen functional groups attached to an aromatic ring is 1. The van der Waals surface area contributed by atoms with Crippen LogP contribution in [-0.4, -0.2) is 22.6 Å². The molecule has 0 aliphatic carbocycles. The lowest BCUT2D eigenvalue weighted by molar-refractivity contribution is -0.146. The van der Waals surface area contributed by atoms with E-state index in [1.165, 1.54) is 7.11 Å². The van der Waals surface area contributed by atoms with Crippen LogP contribution in [0.5, 0.6) is 0 Å². The predicted octanol–water partition coefficient (Wildman–Crippen LogP) is 0.201. The first-order valence-electron chi connectivity index (χ1n) is 4.60. The molecule has 1 aliphatic heterocycles. The topological polar surface area (TPSA) is 70.1 Å². The minimum absolute atomic E-state index is 0.0796. The SMILES string of the molecule is COC(=O)C1CCc2ncc(N)n2C1. The van der Waals surface area contributed by atoms with E-state index in [9.17, 15) is 4.79 Å². The van der Waals surface area contributed by atoms with E-state index in [0.717, 1.165) is 18.7 Å². The Labute approximate surface area is 81.9 Å². The van der Waals surface area contributed by atoms with Crippen molar-refractivity contribution < 1.29 is 9.53 Å². The average Bonchev–Trinajstić information content (AvgIpc) is 2.59. The Balaban J connectivity index is 2.20. The highest BCUT2D eigenvalue weighted by Crippen LogP contribution is 2.22. The van der Waals surface area contributed by atoms with Crippen LogP contribution in [0, 0.1) is 5.92 Å². The third-order valence-electron chi connectivity index (χ3n) is 2.62. The molecule has 1 unspecified atom stereocenters. The maximum Gasteiger partial charge on any atom is 0.310 e. The number of hydrogen-bond acceptors (Lipinski definition) is 4. The van der Waals surface area contributed by atoms with Gasteiger partial charge >= 0.3 is 5.97 Å². The lowest BCUT2D eigenvalue weighted by Crippen LogP contribution is -2.28. The van der Waals surface area contributed by atoms with Gasteiger partial charge in [0.05, 0.1) is 19.2 Å². The molecule has 0 radical (unpaired) electrons. The lowest BCUT2D eigenvalue weighted by atomic mass is 10.00. The van der Waals surface area contributed by atoms with E-state index in [1.807, 2.05) is 4.57 Å². The largest absolute Gasteiger partial charge is 0.469 e. The van der Waals surface area contributed by atoms with Crippen LogP contribution in [0.1, 0.15) is 12.2 Å². The quantitative estimate of drug-likeness (QED) is 0.650. The van der Waals surface area contributed by atoms with Gasteiger partial charge in [-0.05, 0) is 6.42 Å². The summed E-state index contributed by atoms with van der Waals surface area (Å²) in [4.78, 5) is 15.5. The third-order valence-corrected chi connectivity index (χ3v) is 2.62. The van der Waals surface area contributed by atoms with Crippen molar-refractivity contribution in [2.45, 2.75) is 19.4 Å². The minimum atomic E-state index is -0.163. The number of nitrogens with zero attached hydrogens (tertiary/aromatic N) is 2. The first-order valence-corrected chi connectivity index (χ1v) is 4.60. The van der Waals surface area contributed by atoms with Crippen molar-refractivity contribution in [3.8, 4) is 0 Å². The van der Waals surface area contributed by atoms with Crippen LogP contribution < -0.4 is 5.73 Å². The summed E-state index contributed by atoms with van der Waals surface area (Å²) in [5.41, 5.74) is 5.71. The van der Waals surface area contributed by atoms with Crippen molar-refractivity contribution in [3.05, 3.63) is 12.0 Å². The van der Waals surface area contributed by atoms with E-state index < -0.39 is 0 Å². The monoisotopic (exact) mass is 195 g/mol. The number of aromatic nitrogens is 2. The number of esters is 1. The Morgan fingerprint density at radius 2 is 2.57 bits per heavy atom. The molecule has 0 bridgehead atoms. The summed E-state index contributed by atoms with van der Waals surface area (Å²) in [6.45, 7) is 0.591. The highest BCUT2D eigenvalue weighted by atomic mass is 16.5. The number of hydrogen-bond donors (Lipinski definition) is 1. The molecule has 2 heterocycles. The van der Waals surface area contributed by atoms with E-state index in [0.29, 0.717) is 12.4 Å². The second-order valence-electron chi connectivity index (χ2n) is 3.47. The molecule has 2 rings (SSSR count). The zero-order valence-electron chi connectivity index (χ0n) is 8.06. The number of imidazole rings is 1. The fourth-order valence-electron chi connectivity index (χ4n) is 1.81. The van der Waals surface area contributed by atoms with Crippen LogP contribution in [0.15, 0.2) is 6.20 Å². The fourth-order valence-corrected chi connectivity index (χ4v) is 1.81. The van der Waals surface area contributed by atoms with Crippen LogP contribution in [-0.2, 0) is 22.5 Å². The second-order valence-corrected chi connectivity index (χ2v) is 3.47. The molecule has 1 atom stereocenters. The van der Waals surface area contributed by atoms with E-state index in [4.69, 9.17) is 10.5 Å². The number of anilines is 1. The number of rotatable bonds is 1. The molecule has 0 fully saturated rings. The van der Waals surface area contributed by atoms with Crippen molar-refractivity contribution in [3.63, 3.8) is 0 Å². The summed E-state index contributed by atoms with van der Waals surface area (Å²) < 4.78 is 6.59. The van der Waals surface area contributed by atoms with Crippen LogP contribution in [0.3, 0.4) is 0 Å². The molecule has 0 spiro atoms. The van der Waals surface area contributed by atoms with Crippen molar-refractivity contribution in [2.24, 2.45) is 5.92 Å². The molecular weight excluding hydrogens is 182 g/mol. The molecule has 14 heavy (non-hydrogen) atoms. The van der Waals surface area contributed by atoms with Crippen LogP contribution in [0.4, 0.5) is 5.82 Å². The van der Waals surface area contributed by atoms with Gasteiger partial charge in [0.2, 0.25) is 0 Å². The smallest absolute Gasteiger partial charge is 0.310 e. The van der Waals surface area contributed by atoms with Crippen LogP contribution in [0.2, 0.25) is 0 Å². The number of aryl methyl sites for hydroxylation is 1. The van der Waals surface area contributed by atoms with Gasteiger partial charge in [0.25, 0.3) is 0 Å². The summed E-state index contributed by atoms with van der Waals surface area (Å²) in [7, 11) is 1.41. The van der Waals surface area contributed by atoms with Gasteiger partial charge in [-0.3, -0.25) is 4.79 Å². The van der Waals surface area contributed by atoms with Gasteiger partial charge < -0.3 is 15.0 Å². The molecule has 5 heteroatoms. The molecule has 0 saturated heterocycles. The van der Waals surface area contributed by atoms with E-state index in [1.54, 1.807) is 6.20 Å². The molecule has 76 valence electrons. The summed E-state index contributed by atoms with van der Waals surface area (Å²) in [6, 6.07) is 0. The summed E-state index contributed by atoms with van der Waals surface area (Å²) in [5.74, 6) is 1.34. The lowest BCUT2D eigenvalue weighted by Gasteiger charge is -2.22. The zero-order chi connectivity index (χ0) is 10.1. The normalized spacial score (nSPS) is 20.2. The molecule has 2 N–H and O–H groups in total. The minimum Gasteiger partial charge on any atom is -0.469 e. The fraction of sp³-hybridized carbons (Fsp3) is 0.556. The van der Waals surface area contributed by atoms with Gasteiger partial charge in [-0.1, -0.05) is 0 Å². The van der Waals surface area contributed by atoms with Gasteiger partial charge in [0.1, 0.15) is 11.6 Å². The first-order chi connectivity index (χ1) is 6.72. The van der Waals surface area contributed by atoms with Gasteiger partial charge in [-0.25, -0.2) is 4.98 Å².